The zero-order valence-electron chi connectivity index (χ0n) is 7.99. The van der Waals surface area contributed by atoms with E-state index in [1.807, 2.05) is 13.0 Å². The smallest absolute Gasteiger partial charge is 0.180 e. The van der Waals surface area contributed by atoms with Crippen molar-refractivity contribution in [3.05, 3.63) is 29.8 Å². The van der Waals surface area contributed by atoms with E-state index in [2.05, 4.69) is 0 Å². The van der Waals surface area contributed by atoms with Crippen molar-refractivity contribution in [2.75, 3.05) is 6.61 Å². The minimum absolute atomic E-state index is 0.107. The number of nitrogens with zero attached hydrogens (tertiary/aromatic N) is 1. The van der Waals surface area contributed by atoms with Crippen LogP contribution >= 0.6 is 0 Å². The fraction of sp³-hybridized carbons (Fsp3) is 0.273. The van der Waals surface area contributed by atoms with Crippen LogP contribution in [0.5, 0.6) is 5.75 Å². The van der Waals surface area contributed by atoms with Crippen LogP contribution in [0.25, 0.3) is 0 Å². The minimum atomic E-state index is -0.198. The number of hydrogen-bond acceptors (Lipinski definition) is 3. The molecule has 0 aliphatic heterocycles. The van der Waals surface area contributed by atoms with E-state index < -0.39 is 0 Å². The van der Waals surface area contributed by atoms with Gasteiger partial charge in [-0.05, 0) is 19.1 Å². The van der Waals surface area contributed by atoms with Gasteiger partial charge in [0.05, 0.1) is 24.7 Å². The lowest BCUT2D eigenvalue weighted by Crippen LogP contribution is -2.02. The van der Waals surface area contributed by atoms with Gasteiger partial charge in [0, 0.05) is 0 Å². The van der Waals surface area contributed by atoms with E-state index in [0.717, 1.165) is 0 Å². The van der Waals surface area contributed by atoms with Crippen molar-refractivity contribution in [1.29, 1.82) is 5.26 Å². The molecule has 0 N–H and O–H groups in total. The van der Waals surface area contributed by atoms with Gasteiger partial charge in [-0.25, -0.2) is 0 Å². The highest BCUT2D eigenvalue weighted by atomic mass is 16.5. The number of nitriles is 1. The third-order valence-corrected chi connectivity index (χ3v) is 1.73. The largest absolute Gasteiger partial charge is 0.493 e. The van der Waals surface area contributed by atoms with Crippen molar-refractivity contribution < 1.29 is 9.53 Å². The van der Waals surface area contributed by atoms with Crippen LogP contribution < -0.4 is 4.74 Å². The number of carbonyl (C=O) groups excluding carboxylic acids is 1. The van der Waals surface area contributed by atoms with E-state index >= 15 is 0 Å². The van der Waals surface area contributed by atoms with Gasteiger partial charge in [-0.15, -0.1) is 0 Å². The van der Waals surface area contributed by atoms with E-state index in [9.17, 15) is 4.79 Å². The third kappa shape index (κ3) is 2.33. The average molecular weight is 189 g/mol. The van der Waals surface area contributed by atoms with Gasteiger partial charge in [0.25, 0.3) is 0 Å². The summed E-state index contributed by atoms with van der Waals surface area (Å²) in [5.41, 5.74) is 0.482. The lowest BCUT2D eigenvalue weighted by Gasteiger charge is -2.06. The van der Waals surface area contributed by atoms with Crippen LogP contribution in [-0.2, 0) is 0 Å². The predicted octanol–water partition coefficient (Wildman–Crippen LogP) is 2.18. The molecular formula is C11H11NO2. The molecule has 72 valence electrons. The van der Waals surface area contributed by atoms with Crippen LogP contribution in [0.2, 0.25) is 0 Å². The summed E-state index contributed by atoms with van der Waals surface area (Å²) in [5, 5.41) is 8.41. The normalized spacial score (nSPS) is 9.14. The molecular weight excluding hydrogens is 178 g/mol. The Morgan fingerprint density at radius 3 is 2.86 bits per heavy atom. The molecule has 1 aromatic carbocycles. The van der Waals surface area contributed by atoms with Gasteiger partial charge in [-0.1, -0.05) is 12.1 Å². The first kappa shape index (κ1) is 10.3. The molecule has 0 saturated heterocycles. The zero-order chi connectivity index (χ0) is 10.4. The molecule has 0 heterocycles. The fourth-order valence-electron chi connectivity index (χ4n) is 1.15. The summed E-state index contributed by atoms with van der Waals surface area (Å²) >= 11 is 0. The maximum Gasteiger partial charge on any atom is 0.180 e. The Morgan fingerprint density at radius 2 is 2.21 bits per heavy atom. The van der Waals surface area contributed by atoms with Gasteiger partial charge in [-0.3, -0.25) is 4.79 Å². The Morgan fingerprint density at radius 1 is 1.50 bits per heavy atom. The number of benzene rings is 1. The Kier molecular flexibility index (Phi) is 3.69. The van der Waals surface area contributed by atoms with Crippen LogP contribution in [-0.4, -0.2) is 12.4 Å². The first-order chi connectivity index (χ1) is 6.79. The Labute approximate surface area is 82.9 Å². The molecule has 0 aliphatic carbocycles. The molecule has 0 saturated carbocycles. The molecule has 0 spiro atoms. The van der Waals surface area contributed by atoms with E-state index in [-0.39, 0.29) is 12.2 Å². The predicted molar refractivity (Wildman–Crippen MR) is 52.2 cm³/mol. The summed E-state index contributed by atoms with van der Waals surface area (Å²) < 4.78 is 5.27. The van der Waals surface area contributed by atoms with Gasteiger partial charge in [0.2, 0.25) is 0 Å². The number of Topliss-reactive ketones (excluding diaryl/α,β-unsaturated/α-hetero) is 1. The van der Waals surface area contributed by atoms with E-state index in [4.69, 9.17) is 10.00 Å². The van der Waals surface area contributed by atoms with Gasteiger partial charge in [0.1, 0.15) is 5.75 Å². The monoisotopic (exact) mass is 189 g/mol. The van der Waals surface area contributed by atoms with E-state index in [0.29, 0.717) is 17.9 Å². The molecule has 0 unspecified atom stereocenters. The van der Waals surface area contributed by atoms with E-state index in [1.54, 1.807) is 24.3 Å². The van der Waals surface area contributed by atoms with Crippen LogP contribution in [0.1, 0.15) is 23.7 Å². The SMILES string of the molecule is CCOc1ccccc1C(=O)CC#N. The highest BCUT2D eigenvalue weighted by Gasteiger charge is 2.10. The molecule has 1 aromatic rings. The molecule has 3 heteroatoms. The lowest BCUT2D eigenvalue weighted by atomic mass is 10.1. The van der Waals surface area contributed by atoms with Crippen LogP contribution in [0.3, 0.4) is 0 Å². The summed E-state index contributed by atoms with van der Waals surface area (Å²) in [6, 6.07) is 8.79. The van der Waals surface area contributed by atoms with Crippen LogP contribution in [0, 0.1) is 11.3 Å². The number of ether oxygens (including phenoxy) is 1. The molecule has 0 atom stereocenters. The lowest BCUT2D eigenvalue weighted by molar-refractivity contribution is 0.0994. The number of carbonyl (C=O) groups is 1. The Hall–Kier alpha value is -1.82. The number of para-hydroxylation sites is 1. The molecule has 0 radical (unpaired) electrons. The van der Waals surface area contributed by atoms with Crippen molar-refractivity contribution in [2.45, 2.75) is 13.3 Å². The van der Waals surface area contributed by atoms with Crippen molar-refractivity contribution in [3.8, 4) is 11.8 Å². The molecule has 0 aromatic heterocycles. The quantitative estimate of drug-likeness (QED) is 0.682. The highest BCUT2D eigenvalue weighted by Crippen LogP contribution is 2.19. The Balaban J connectivity index is 2.95. The third-order valence-electron chi connectivity index (χ3n) is 1.73. The number of rotatable bonds is 4. The molecule has 3 nitrogen and oxygen atoms in total. The summed E-state index contributed by atoms with van der Waals surface area (Å²) in [7, 11) is 0. The minimum Gasteiger partial charge on any atom is -0.493 e. The van der Waals surface area contributed by atoms with Crippen molar-refractivity contribution in [2.24, 2.45) is 0 Å². The number of hydrogen-bond donors (Lipinski definition) is 0. The second-order valence-electron chi connectivity index (χ2n) is 2.69. The molecule has 0 amide bonds. The summed E-state index contributed by atoms with van der Waals surface area (Å²) in [6.07, 6.45) is -0.107. The van der Waals surface area contributed by atoms with Gasteiger partial charge in [-0.2, -0.15) is 5.26 Å². The molecule has 0 bridgehead atoms. The van der Waals surface area contributed by atoms with Crippen molar-refractivity contribution in [1.82, 2.24) is 0 Å². The van der Waals surface area contributed by atoms with Gasteiger partial charge in [0.15, 0.2) is 5.78 Å². The summed E-state index contributed by atoms with van der Waals surface area (Å²) in [6.45, 7) is 2.36. The molecule has 0 aliphatic rings. The van der Waals surface area contributed by atoms with Crippen LogP contribution in [0.4, 0.5) is 0 Å². The first-order valence-corrected chi connectivity index (χ1v) is 4.41. The topological polar surface area (TPSA) is 50.1 Å². The standard InChI is InChI=1S/C11H11NO2/c1-2-14-11-6-4-3-5-9(11)10(13)7-8-12/h3-6H,2,7H2,1H3. The first-order valence-electron chi connectivity index (χ1n) is 4.41. The fourth-order valence-corrected chi connectivity index (χ4v) is 1.15. The highest BCUT2D eigenvalue weighted by molar-refractivity contribution is 5.99. The van der Waals surface area contributed by atoms with Gasteiger partial charge < -0.3 is 4.74 Å². The maximum atomic E-state index is 11.4. The Bertz CT molecular complexity index is 366. The van der Waals surface area contributed by atoms with E-state index in [1.165, 1.54) is 0 Å². The summed E-state index contributed by atoms with van der Waals surface area (Å²) in [5.74, 6) is 0.354. The summed E-state index contributed by atoms with van der Waals surface area (Å²) in [4.78, 5) is 11.4. The van der Waals surface area contributed by atoms with Crippen molar-refractivity contribution in [3.63, 3.8) is 0 Å². The molecule has 14 heavy (non-hydrogen) atoms. The zero-order valence-corrected chi connectivity index (χ0v) is 7.99. The second-order valence-corrected chi connectivity index (χ2v) is 2.69. The van der Waals surface area contributed by atoms with Gasteiger partial charge >= 0.3 is 0 Å². The van der Waals surface area contributed by atoms with Crippen molar-refractivity contribution >= 4 is 5.78 Å². The average Bonchev–Trinajstić information content (AvgIpc) is 2.19. The molecule has 0 fully saturated rings. The van der Waals surface area contributed by atoms with Crippen LogP contribution in [0.15, 0.2) is 24.3 Å². The number of ketones is 1. The second kappa shape index (κ2) is 5.03. The maximum absolute atomic E-state index is 11.4. The molecule has 1 rings (SSSR count).